The molecule has 6 heteroatoms. The van der Waals surface area contributed by atoms with Crippen LogP contribution in [0.5, 0.6) is 0 Å². The molecule has 1 amide bonds. The van der Waals surface area contributed by atoms with Crippen LogP contribution in [0.3, 0.4) is 0 Å². The molecular weight excluding hydrogens is 370 g/mol. The first-order chi connectivity index (χ1) is 13.3. The molecule has 0 fully saturated rings. The number of carbonyl (C=O) groups is 1. The van der Waals surface area contributed by atoms with E-state index in [0.29, 0.717) is 5.92 Å². The molecule has 1 aliphatic carbocycles. The molecule has 28 heavy (non-hydrogen) atoms. The minimum atomic E-state index is -0.0574. The van der Waals surface area contributed by atoms with Gasteiger partial charge in [-0.3, -0.25) is 14.2 Å². The number of rotatable bonds is 6. The maximum atomic E-state index is 13.2. The lowest BCUT2D eigenvalue weighted by Gasteiger charge is -2.33. The molecule has 0 N–H and O–H groups in total. The van der Waals surface area contributed by atoms with Crippen LogP contribution in [-0.2, 0) is 24.2 Å². The van der Waals surface area contributed by atoms with Crippen LogP contribution in [0.1, 0.15) is 64.3 Å². The number of carbonyl (C=O) groups excluding carboxylic acids is 1. The highest BCUT2D eigenvalue weighted by Gasteiger charge is 2.31. The Labute approximate surface area is 171 Å². The number of hydrogen-bond acceptors (Lipinski definition) is 4. The summed E-state index contributed by atoms with van der Waals surface area (Å²) in [6, 6.07) is 0. The molecule has 0 unspecified atom stereocenters. The molecule has 1 atom stereocenters. The number of aromatic nitrogens is 2. The number of aryl methyl sites for hydroxylation is 1. The van der Waals surface area contributed by atoms with Crippen molar-refractivity contribution in [1.29, 1.82) is 0 Å². The fourth-order valence-corrected chi connectivity index (χ4v) is 5.46. The predicted molar refractivity (Wildman–Crippen MR) is 116 cm³/mol. The minimum absolute atomic E-state index is 0.00356. The van der Waals surface area contributed by atoms with E-state index in [1.807, 2.05) is 4.90 Å². The summed E-state index contributed by atoms with van der Waals surface area (Å²) in [5.41, 5.74) is 1.40. The van der Waals surface area contributed by atoms with E-state index < -0.39 is 0 Å². The molecule has 2 aromatic heterocycles. The Kier molecular flexibility index (Phi) is 6.28. The van der Waals surface area contributed by atoms with E-state index in [9.17, 15) is 9.59 Å². The zero-order valence-corrected chi connectivity index (χ0v) is 18.7. The van der Waals surface area contributed by atoms with Crippen molar-refractivity contribution in [3.05, 3.63) is 27.1 Å². The first-order valence-electron chi connectivity index (χ1n) is 10.5. The van der Waals surface area contributed by atoms with Gasteiger partial charge in [0.25, 0.3) is 5.56 Å². The van der Waals surface area contributed by atoms with Crippen molar-refractivity contribution >= 4 is 27.5 Å². The van der Waals surface area contributed by atoms with Gasteiger partial charge in [-0.15, -0.1) is 11.3 Å². The van der Waals surface area contributed by atoms with E-state index in [1.165, 1.54) is 15.0 Å². The summed E-state index contributed by atoms with van der Waals surface area (Å²) >= 11 is 1.66. The molecule has 154 valence electrons. The lowest BCUT2D eigenvalue weighted by atomic mass is 9.72. The van der Waals surface area contributed by atoms with Gasteiger partial charge in [0.2, 0.25) is 5.91 Å². The van der Waals surface area contributed by atoms with Crippen molar-refractivity contribution in [2.75, 3.05) is 13.1 Å². The Morgan fingerprint density at radius 1 is 1.29 bits per heavy atom. The molecule has 0 spiro atoms. The van der Waals surface area contributed by atoms with E-state index >= 15 is 0 Å². The van der Waals surface area contributed by atoms with Crippen molar-refractivity contribution in [1.82, 2.24) is 14.5 Å². The zero-order valence-electron chi connectivity index (χ0n) is 17.9. The summed E-state index contributed by atoms with van der Waals surface area (Å²) in [6.07, 6.45) is 6.47. The van der Waals surface area contributed by atoms with Gasteiger partial charge in [-0.25, -0.2) is 4.98 Å². The average molecular weight is 404 g/mol. The highest BCUT2D eigenvalue weighted by Crippen LogP contribution is 2.41. The fraction of sp³-hybridized carbons (Fsp3) is 0.682. The molecular formula is C22H33N3O2S. The van der Waals surface area contributed by atoms with Gasteiger partial charge in [-0.1, -0.05) is 34.6 Å². The van der Waals surface area contributed by atoms with E-state index in [4.69, 9.17) is 0 Å². The Bertz CT molecular complexity index is 901. The van der Waals surface area contributed by atoms with Gasteiger partial charge < -0.3 is 4.90 Å². The second-order valence-corrected chi connectivity index (χ2v) is 10.1. The lowest BCUT2D eigenvalue weighted by molar-refractivity contribution is -0.132. The van der Waals surface area contributed by atoms with Crippen LogP contribution >= 0.6 is 11.3 Å². The molecule has 0 radical (unpaired) electrons. The quantitative estimate of drug-likeness (QED) is 0.724. The number of thiophene rings is 1. The topological polar surface area (TPSA) is 55.2 Å². The van der Waals surface area contributed by atoms with E-state index in [0.717, 1.165) is 55.4 Å². The van der Waals surface area contributed by atoms with Crippen LogP contribution in [0.25, 0.3) is 10.2 Å². The molecule has 0 saturated carbocycles. The number of amides is 1. The molecule has 3 rings (SSSR count). The third-order valence-corrected chi connectivity index (χ3v) is 7.07. The predicted octanol–water partition coefficient (Wildman–Crippen LogP) is 4.26. The van der Waals surface area contributed by atoms with E-state index in [1.54, 1.807) is 17.7 Å². The normalized spacial score (nSPS) is 17.0. The van der Waals surface area contributed by atoms with Crippen molar-refractivity contribution in [3.8, 4) is 0 Å². The van der Waals surface area contributed by atoms with Gasteiger partial charge in [0.15, 0.2) is 0 Å². The van der Waals surface area contributed by atoms with Crippen LogP contribution in [-0.4, -0.2) is 33.4 Å². The SMILES string of the molecule is CCCN(CCC)C(=O)Cn1cnc2sc3c(c2c1=O)CC[C@H](C(C)(C)C)C3. The first-order valence-corrected chi connectivity index (χ1v) is 11.3. The summed E-state index contributed by atoms with van der Waals surface area (Å²) < 4.78 is 1.51. The number of hydrogen-bond donors (Lipinski definition) is 0. The summed E-state index contributed by atoms with van der Waals surface area (Å²) in [6.45, 7) is 12.6. The van der Waals surface area contributed by atoms with Crippen molar-refractivity contribution in [3.63, 3.8) is 0 Å². The standard InChI is InChI=1S/C22H33N3O2S/c1-6-10-24(11-7-2)18(26)13-25-14-23-20-19(21(25)27)16-9-8-15(22(3,4)5)12-17(16)28-20/h14-15H,6-13H2,1-5H3/t15-/m0/s1. The van der Waals surface area contributed by atoms with E-state index in [2.05, 4.69) is 39.6 Å². The van der Waals surface area contributed by atoms with Crippen LogP contribution in [0.15, 0.2) is 11.1 Å². The van der Waals surface area contributed by atoms with Gasteiger partial charge in [0.1, 0.15) is 11.4 Å². The van der Waals surface area contributed by atoms with Gasteiger partial charge >= 0.3 is 0 Å². The number of nitrogens with zero attached hydrogens (tertiary/aromatic N) is 3. The zero-order chi connectivity index (χ0) is 20.5. The van der Waals surface area contributed by atoms with Crippen LogP contribution in [0.2, 0.25) is 0 Å². The second kappa shape index (κ2) is 8.36. The molecule has 2 aromatic rings. The van der Waals surface area contributed by atoms with Gasteiger partial charge in [0, 0.05) is 18.0 Å². The molecule has 0 aromatic carbocycles. The number of fused-ring (bicyclic) bond motifs is 3. The highest BCUT2D eigenvalue weighted by molar-refractivity contribution is 7.18. The lowest BCUT2D eigenvalue weighted by Crippen LogP contribution is -2.37. The molecule has 0 bridgehead atoms. The molecule has 5 nitrogen and oxygen atoms in total. The third-order valence-electron chi connectivity index (χ3n) is 5.91. The van der Waals surface area contributed by atoms with Crippen LogP contribution < -0.4 is 5.56 Å². The summed E-state index contributed by atoms with van der Waals surface area (Å²) in [4.78, 5) is 34.4. The average Bonchev–Trinajstić information content (AvgIpc) is 3.01. The third kappa shape index (κ3) is 4.17. The maximum absolute atomic E-state index is 13.2. The molecule has 2 heterocycles. The molecule has 0 saturated heterocycles. The van der Waals surface area contributed by atoms with Gasteiger partial charge in [0.05, 0.1) is 11.7 Å². The Morgan fingerprint density at radius 3 is 2.57 bits per heavy atom. The summed E-state index contributed by atoms with van der Waals surface area (Å²) in [5.74, 6) is 0.636. The fourth-order valence-electron chi connectivity index (χ4n) is 4.20. The molecule has 0 aliphatic heterocycles. The smallest absolute Gasteiger partial charge is 0.262 e. The van der Waals surface area contributed by atoms with Crippen LogP contribution in [0, 0.1) is 11.3 Å². The Balaban J connectivity index is 1.90. The summed E-state index contributed by atoms with van der Waals surface area (Å²) in [7, 11) is 0. The largest absolute Gasteiger partial charge is 0.341 e. The summed E-state index contributed by atoms with van der Waals surface area (Å²) in [5, 5.41) is 0.750. The van der Waals surface area contributed by atoms with Crippen molar-refractivity contribution < 1.29 is 4.79 Å². The maximum Gasteiger partial charge on any atom is 0.262 e. The van der Waals surface area contributed by atoms with Crippen molar-refractivity contribution in [2.45, 2.75) is 73.3 Å². The van der Waals surface area contributed by atoms with E-state index in [-0.39, 0.29) is 23.4 Å². The first kappa shape index (κ1) is 21.0. The van der Waals surface area contributed by atoms with Crippen LogP contribution in [0.4, 0.5) is 0 Å². The van der Waals surface area contributed by atoms with Gasteiger partial charge in [-0.05, 0) is 49.0 Å². The Hall–Kier alpha value is -1.69. The second-order valence-electron chi connectivity index (χ2n) is 9.05. The monoisotopic (exact) mass is 403 g/mol. The van der Waals surface area contributed by atoms with Crippen molar-refractivity contribution in [2.24, 2.45) is 11.3 Å². The molecule has 1 aliphatic rings. The highest BCUT2D eigenvalue weighted by atomic mass is 32.1. The Morgan fingerprint density at radius 2 is 1.96 bits per heavy atom. The van der Waals surface area contributed by atoms with Gasteiger partial charge in [-0.2, -0.15) is 0 Å². The minimum Gasteiger partial charge on any atom is -0.341 e.